The fourth-order valence-corrected chi connectivity index (χ4v) is 7.40. The quantitative estimate of drug-likeness (QED) is 0.292. The highest BCUT2D eigenvalue weighted by Gasteiger charge is 2.56. The average molecular weight is 440 g/mol. The molecule has 0 radical (unpaired) electrons. The fraction of sp³-hybridized carbons (Fsp3) is 0.762. The predicted molar refractivity (Wildman–Crippen MR) is 105 cm³/mol. The zero-order valence-electron chi connectivity index (χ0n) is 15.1. The summed E-state index contributed by atoms with van der Waals surface area (Å²) in [5.74, 6) is 2.37. The van der Waals surface area contributed by atoms with Gasteiger partial charge in [-0.3, -0.25) is 4.79 Å². The van der Waals surface area contributed by atoms with Crippen LogP contribution >= 0.6 is 22.6 Å². The van der Waals surface area contributed by atoms with Gasteiger partial charge in [0.25, 0.3) is 0 Å². The summed E-state index contributed by atoms with van der Waals surface area (Å²) in [6.45, 7) is 6.56. The highest BCUT2D eigenvalue weighted by molar-refractivity contribution is 14.1. The van der Waals surface area contributed by atoms with Gasteiger partial charge in [-0.1, -0.05) is 31.6 Å². The second-order valence-electron chi connectivity index (χ2n) is 8.98. The van der Waals surface area contributed by atoms with Gasteiger partial charge in [-0.25, -0.2) is 0 Å². The maximum absolute atomic E-state index is 11.3. The molecule has 0 spiro atoms. The number of allylic oxidation sites excluding steroid dienone is 3. The van der Waals surface area contributed by atoms with Crippen molar-refractivity contribution in [3.63, 3.8) is 0 Å². The smallest absolute Gasteiger partial charge is 0.302 e. The van der Waals surface area contributed by atoms with Crippen LogP contribution in [0.1, 0.15) is 65.7 Å². The molecule has 2 fully saturated rings. The zero-order valence-corrected chi connectivity index (χ0v) is 17.3. The Labute approximate surface area is 159 Å². The second kappa shape index (κ2) is 5.85. The number of carbonyl (C=O) groups is 1. The van der Waals surface area contributed by atoms with E-state index in [9.17, 15) is 4.79 Å². The molecule has 2 saturated carbocycles. The predicted octanol–water partition coefficient (Wildman–Crippen LogP) is 5.81. The third-order valence-electron chi connectivity index (χ3n) is 7.88. The molecule has 2 nitrogen and oxygen atoms in total. The molecule has 0 aromatic heterocycles. The van der Waals surface area contributed by atoms with E-state index in [2.05, 4.69) is 48.6 Å². The molecule has 0 N–H and O–H groups in total. The monoisotopic (exact) mass is 440 g/mol. The van der Waals surface area contributed by atoms with Gasteiger partial charge in [-0.2, -0.15) is 0 Å². The van der Waals surface area contributed by atoms with Gasteiger partial charge >= 0.3 is 5.97 Å². The third-order valence-corrected chi connectivity index (χ3v) is 9.55. The summed E-state index contributed by atoms with van der Waals surface area (Å²) in [5.41, 5.74) is 2.37. The lowest BCUT2D eigenvalue weighted by Gasteiger charge is -2.57. The minimum atomic E-state index is -0.127. The number of halogens is 1. The molecule has 24 heavy (non-hydrogen) atoms. The average Bonchev–Trinajstić information content (AvgIpc) is 2.83. The van der Waals surface area contributed by atoms with Crippen molar-refractivity contribution in [1.29, 1.82) is 0 Å². The lowest BCUT2D eigenvalue weighted by atomic mass is 9.48. The SMILES string of the molecule is CC(=O)O[C@H]1CC[C@@]2(C)C(=CCC3C2CC[C@]2(C)C(I)=CCC32)C1. The van der Waals surface area contributed by atoms with E-state index in [4.69, 9.17) is 4.74 Å². The molecule has 4 rings (SSSR count). The lowest BCUT2D eigenvalue weighted by molar-refractivity contribution is -0.148. The van der Waals surface area contributed by atoms with Crippen LogP contribution in [0.2, 0.25) is 0 Å². The van der Waals surface area contributed by atoms with Crippen LogP contribution < -0.4 is 0 Å². The van der Waals surface area contributed by atoms with Gasteiger partial charge in [-0.05, 0) is 87.9 Å². The first-order chi connectivity index (χ1) is 11.3. The number of hydrogen-bond acceptors (Lipinski definition) is 2. The highest BCUT2D eigenvalue weighted by atomic mass is 127. The summed E-state index contributed by atoms with van der Waals surface area (Å²) in [5, 5.41) is 0. The van der Waals surface area contributed by atoms with Crippen LogP contribution in [0.4, 0.5) is 0 Å². The van der Waals surface area contributed by atoms with Crippen molar-refractivity contribution < 1.29 is 9.53 Å². The van der Waals surface area contributed by atoms with Crippen LogP contribution in [0.3, 0.4) is 0 Å². The van der Waals surface area contributed by atoms with E-state index >= 15 is 0 Å². The van der Waals surface area contributed by atoms with Crippen molar-refractivity contribution in [2.24, 2.45) is 28.6 Å². The molecule has 0 heterocycles. The largest absolute Gasteiger partial charge is 0.462 e. The van der Waals surface area contributed by atoms with E-state index in [1.54, 1.807) is 9.15 Å². The van der Waals surface area contributed by atoms with Gasteiger partial charge < -0.3 is 4.74 Å². The molecule has 4 aliphatic rings. The van der Waals surface area contributed by atoms with Crippen molar-refractivity contribution in [2.75, 3.05) is 0 Å². The fourth-order valence-electron chi connectivity index (χ4n) is 6.48. The number of rotatable bonds is 1. The topological polar surface area (TPSA) is 26.3 Å². The summed E-state index contributed by atoms with van der Waals surface area (Å²) >= 11 is 2.60. The first kappa shape index (κ1) is 17.1. The summed E-state index contributed by atoms with van der Waals surface area (Å²) < 4.78 is 7.14. The van der Waals surface area contributed by atoms with Gasteiger partial charge in [0.2, 0.25) is 0 Å². The van der Waals surface area contributed by atoms with Crippen molar-refractivity contribution in [2.45, 2.75) is 71.8 Å². The molecule has 132 valence electrons. The van der Waals surface area contributed by atoms with Crippen LogP contribution in [0.25, 0.3) is 0 Å². The van der Waals surface area contributed by atoms with Gasteiger partial charge in [-0.15, -0.1) is 0 Å². The lowest BCUT2D eigenvalue weighted by Crippen LogP contribution is -2.49. The molecule has 0 aliphatic heterocycles. The highest BCUT2D eigenvalue weighted by Crippen LogP contribution is 2.65. The molecular weight excluding hydrogens is 411 g/mol. The second-order valence-corrected chi connectivity index (χ2v) is 10.1. The Morgan fingerprint density at radius 2 is 1.88 bits per heavy atom. The Hall–Kier alpha value is -0.320. The van der Waals surface area contributed by atoms with Gasteiger partial charge in [0.15, 0.2) is 0 Å². The molecule has 3 unspecified atom stereocenters. The van der Waals surface area contributed by atoms with E-state index < -0.39 is 0 Å². The Morgan fingerprint density at radius 1 is 1.12 bits per heavy atom. The van der Waals surface area contributed by atoms with E-state index in [0.29, 0.717) is 10.8 Å². The molecule has 0 bridgehead atoms. The molecule has 0 saturated heterocycles. The zero-order chi connectivity index (χ0) is 17.1. The van der Waals surface area contributed by atoms with Crippen molar-refractivity contribution in [3.05, 3.63) is 21.3 Å². The summed E-state index contributed by atoms with van der Waals surface area (Å²) in [7, 11) is 0. The first-order valence-electron chi connectivity index (χ1n) is 9.57. The summed E-state index contributed by atoms with van der Waals surface area (Å²) in [6, 6.07) is 0. The van der Waals surface area contributed by atoms with Gasteiger partial charge in [0.1, 0.15) is 6.10 Å². The molecule has 0 aromatic carbocycles. The number of ether oxygens (including phenoxy) is 1. The Kier molecular flexibility index (Phi) is 4.17. The number of fused-ring (bicyclic) bond motifs is 5. The summed E-state index contributed by atoms with van der Waals surface area (Å²) in [6.07, 6.45) is 13.6. The van der Waals surface area contributed by atoms with Crippen LogP contribution in [0, 0.1) is 28.6 Å². The molecule has 0 amide bonds. The van der Waals surface area contributed by atoms with Gasteiger partial charge in [0.05, 0.1) is 0 Å². The minimum Gasteiger partial charge on any atom is -0.462 e. The van der Waals surface area contributed by atoms with Crippen LogP contribution in [0.15, 0.2) is 21.3 Å². The standard InChI is InChI=1S/C21H29IO2/c1-13(23)24-15-8-10-20(2)14(12-15)4-5-16-17-6-7-19(22)21(17,3)11-9-18(16)20/h4,7,15-18H,5-6,8-12H2,1-3H3/t15-,16?,17?,18?,20-,21-/m0/s1. The van der Waals surface area contributed by atoms with E-state index in [0.717, 1.165) is 30.6 Å². The number of carbonyl (C=O) groups excluding carboxylic acids is 1. The number of hydrogen-bond donors (Lipinski definition) is 0. The first-order valence-corrected chi connectivity index (χ1v) is 10.7. The normalized spacial score (nSPS) is 47.0. The maximum Gasteiger partial charge on any atom is 0.302 e. The maximum atomic E-state index is 11.3. The Bertz CT molecular complexity index is 621. The molecular formula is C21H29IO2. The van der Waals surface area contributed by atoms with Crippen molar-refractivity contribution in [3.8, 4) is 0 Å². The molecule has 6 atom stereocenters. The third kappa shape index (κ3) is 2.44. The number of esters is 1. The molecule has 4 aliphatic carbocycles. The molecule has 3 heteroatoms. The van der Waals surface area contributed by atoms with Crippen molar-refractivity contribution >= 4 is 28.6 Å². The van der Waals surface area contributed by atoms with Crippen LogP contribution in [0.5, 0.6) is 0 Å². The van der Waals surface area contributed by atoms with Crippen molar-refractivity contribution in [1.82, 2.24) is 0 Å². The Balaban J connectivity index is 1.59. The minimum absolute atomic E-state index is 0.112. The van der Waals surface area contributed by atoms with Crippen LogP contribution in [-0.2, 0) is 9.53 Å². The molecule has 0 aromatic rings. The van der Waals surface area contributed by atoms with Crippen LogP contribution in [-0.4, -0.2) is 12.1 Å². The van der Waals surface area contributed by atoms with E-state index in [1.807, 2.05) is 0 Å². The van der Waals surface area contributed by atoms with E-state index in [1.165, 1.54) is 39.0 Å². The van der Waals surface area contributed by atoms with E-state index in [-0.39, 0.29) is 12.1 Å². The Morgan fingerprint density at radius 3 is 2.62 bits per heavy atom. The van der Waals surface area contributed by atoms with Gasteiger partial charge in [0, 0.05) is 18.8 Å². The summed E-state index contributed by atoms with van der Waals surface area (Å²) in [4.78, 5) is 11.3.